The summed E-state index contributed by atoms with van der Waals surface area (Å²) in [4.78, 5) is 15.4. The number of rotatable bonds is 7. The molecule has 32 heavy (non-hydrogen) atoms. The fraction of sp³-hybridized carbons (Fsp3) is 0.500. The summed E-state index contributed by atoms with van der Waals surface area (Å²) in [6.45, 7) is 5.81. The number of hydrogen-bond donors (Lipinski definition) is 1. The van der Waals surface area contributed by atoms with Gasteiger partial charge < -0.3 is 19.5 Å². The van der Waals surface area contributed by atoms with Crippen LogP contribution in [-0.2, 0) is 11.2 Å². The quantitative estimate of drug-likeness (QED) is 0.661. The Kier molecular flexibility index (Phi) is 7.20. The average Bonchev–Trinajstić information content (AvgIpc) is 2.99. The molecule has 0 bridgehead atoms. The SMILES string of the molecule is CCOc1cc2c(cc1NC(=O)CN1CCCCCC1c1ccc(OC)cc1)OC(C)C2. The molecule has 1 N–H and O–H groups in total. The second-order valence-electron chi connectivity index (χ2n) is 8.68. The molecule has 1 saturated heterocycles. The van der Waals surface area contributed by atoms with Gasteiger partial charge >= 0.3 is 0 Å². The fourth-order valence-corrected chi connectivity index (χ4v) is 4.75. The Bertz CT molecular complexity index is 928. The maximum Gasteiger partial charge on any atom is 0.238 e. The van der Waals surface area contributed by atoms with E-state index in [-0.39, 0.29) is 18.1 Å². The number of nitrogens with zero attached hydrogens (tertiary/aromatic N) is 1. The van der Waals surface area contributed by atoms with E-state index in [4.69, 9.17) is 14.2 Å². The van der Waals surface area contributed by atoms with Crippen molar-refractivity contribution in [3.63, 3.8) is 0 Å². The molecule has 2 aromatic rings. The van der Waals surface area contributed by atoms with E-state index in [0.717, 1.165) is 42.9 Å². The van der Waals surface area contributed by atoms with Gasteiger partial charge in [-0.05, 0) is 57.0 Å². The van der Waals surface area contributed by atoms with E-state index in [1.165, 1.54) is 18.4 Å². The van der Waals surface area contributed by atoms with Crippen LogP contribution in [0.3, 0.4) is 0 Å². The number of benzene rings is 2. The van der Waals surface area contributed by atoms with E-state index < -0.39 is 0 Å². The molecule has 1 amide bonds. The minimum atomic E-state index is -0.0302. The van der Waals surface area contributed by atoms with Gasteiger partial charge in [0.05, 0.1) is 25.9 Å². The third kappa shape index (κ3) is 5.18. The minimum Gasteiger partial charge on any atom is -0.497 e. The lowest BCUT2D eigenvalue weighted by Gasteiger charge is -2.30. The number of nitrogens with one attached hydrogen (secondary N) is 1. The maximum atomic E-state index is 13.1. The van der Waals surface area contributed by atoms with Gasteiger partial charge in [-0.2, -0.15) is 0 Å². The van der Waals surface area contributed by atoms with Crippen LogP contribution in [0.4, 0.5) is 5.69 Å². The second kappa shape index (κ2) is 10.3. The molecule has 0 saturated carbocycles. The fourth-order valence-electron chi connectivity index (χ4n) is 4.75. The average molecular weight is 439 g/mol. The highest BCUT2D eigenvalue weighted by Crippen LogP contribution is 2.38. The lowest BCUT2D eigenvalue weighted by molar-refractivity contribution is -0.117. The Hall–Kier alpha value is -2.73. The van der Waals surface area contributed by atoms with Crippen molar-refractivity contribution in [1.29, 1.82) is 0 Å². The molecule has 1 fully saturated rings. The molecule has 2 atom stereocenters. The van der Waals surface area contributed by atoms with E-state index in [9.17, 15) is 4.79 Å². The number of anilines is 1. The van der Waals surface area contributed by atoms with Crippen LogP contribution in [0.5, 0.6) is 17.2 Å². The Morgan fingerprint density at radius 2 is 2.00 bits per heavy atom. The van der Waals surface area contributed by atoms with Crippen LogP contribution < -0.4 is 19.5 Å². The van der Waals surface area contributed by atoms with Crippen LogP contribution in [0.15, 0.2) is 36.4 Å². The molecule has 172 valence electrons. The molecular weight excluding hydrogens is 404 g/mol. The zero-order chi connectivity index (χ0) is 22.5. The predicted octanol–water partition coefficient (Wildman–Crippen LogP) is 4.97. The summed E-state index contributed by atoms with van der Waals surface area (Å²) in [6, 6.07) is 12.4. The molecule has 4 rings (SSSR count). The van der Waals surface area contributed by atoms with Crippen molar-refractivity contribution in [3.05, 3.63) is 47.5 Å². The first-order valence-corrected chi connectivity index (χ1v) is 11.7. The molecule has 6 heteroatoms. The van der Waals surface area contributed by atoms with E-state index in [2.05, 4.69) is 29.3 Å². The topological polar surface area (TPSA) is 60.0 Å². The van der Waals surface area contributed by atoms with Gasteiger partial charge in [0, 0.05) is 24.1 Å². The highest BCUT2D eigenvalue weighted by molar-refractivity contribution is 5.94. The van der Waals surface area contributed by atoms with Crippen LogP contribution in [0.25, 0.3) is 0 Å². The number of methoxy groups -OCH3 is 1. The number of likely N-dealkylation sites (tertiary alicyclic amines) is 1. The van der Waals surface area contributed by atoms with Crippen LogP contribution in [-0.4, -0.2) is 43.7 Å². The van der Waals surface area contributed by atoms with Gasteiger partial charge in [0.1, 0.15) is 23.4 Å². The summed E-state index contributed by atoms with van der Waals surface area (Å²) in [5.74, 6) is 2.36. The first kappa shape index (κ1) is 22.5. The van der Waals surface area contributed by atoms with Gasteiger partial charge in [-0.3, -0.25) is 9.69 Å². The van der Waals surface area contributed by atoms with Crippen LogP contribution in [0.2, 0.25) is 0 Å². The van der Waals surface area contributed by atoms with Gasteiger partial charge in [-0.15, -0.1) is 0 Å². The highest BCUT2D eigenvalue weighted by atomic mass is 16.5. The third-order valence-electron chi connectivity index (χ3n) is 6.28. The van der Waals surface area contributed by atoms with E-state index >= 15 is 0 Å². The van der Waals surface area contributed by atoms with Crippen molar-refractivity contribution in [2.45, 2.75) is 58.1 Å². The second-order valence-corrected chi connectivity index (χ2v) is 8.68. The first-order valence-electron chi connectivity index (χ1n) is 11.7. The van der Waals surface area contributed by atoms with E-state index in [0.29, 0.717) is 24.6 Å². The monoisotopic (exact) mass is 438 g/mol. The molecule has 2 heterocycles. The van der Waals surface area contributed by atoms with Crippen LogP contribution in [0, 0.1) is 0 Å². The lowest BCUT2D eigenvalue weighted by atomic mass is 10.0. The molecule has 0 spiro atoms. The van der Waals surface area contributed by atoms with Crippen molar-refractivity contribution in [1.82, 2.24) is 4.90 Å². The third-order valence-corrected chi connectivity index (χ3v) is 6.28. The Labute approximate surface area is 190 Å². The Morgan fingerprint density at radius 1 is 1.19 bits per heavy atom. The molecular formula is C26H34N2O4. The van der Waals surface area contributed by atoms with Gasteiger partial charge in [-0.25, -0.2) is 0 Å². The van der Waals surface area contributed by atoms with Gasteiger partial charge in [0.2, 0.25) is 5.91 Å². The zero-order valence-electron chi connectivity index (χ0n) is 19.4. The number of ether oxygens (including phenoxy) is 3. The molecule has 2 unspecified atom stereocenters. The smallest absolute Gasteiger partial charge is 0.238 e. The van der Waals surface area contributed by atoms with Crippen LogP contribution >= 0.6 is 0 Å². The number of hydrogen-bond acceptors (Lipinski definition) is 5. The van der Waals surface area contributed by atoms with Crippen molar-refractivity contribution >= 4 is 11.6 Å². The highest BCUT2D eigenvalue weighted by Gasteiger charge is 2.26. The standard InChI is InChI=1S/C26H34N2O4/c1-4-31-25-15-20-14-18(2)32-24(20)16-22(25)27-26(29)17-28-13-7-5-6-8-23(28)19-9-11-21(30-3)12-10-19/h9-12,15-16,18,23H,4-8,13-14,17H2,1-3H3,(H,27,29). The maximum absolute atomic E-state index is 13.1. The molecule has 0 aliphatic carbocycles. The summed E-state index contributed by atoms with van der Waals surface area (Å²) in [5, 5.41) is 3.09. The van der Waals surface area contributed by atoms with Crippen LogP contribution in [0.1, 0.15) is 56.7 Å². The van der Waals surface area contributed by atoms with Gasteiger partial charge in [0.15, 0.2) is 0 Å². The van der Waals surface area contributed by atoms with E-state index in [1.54, 1.807) is 7.11 Å². The number of carbonyl (C=O) groups is 1. The van der Waals surface area contributed by atoms with Crippen molar-refractivity contribution in [2.75, 3.05) is 32.1 Å². The Balaban J connectivity index is 1.49. The van der Waals surface area contributed by atoms with Crippen molar-refractivity contribution < 1.29 is 19.0 Å². The molecule has 0 radical (unpaired) electrons. The number of carbonyl (C=O) groups excluding carboxylic acids is 1. The normalized spacial score (nSPS) is 20.7. The molecule has 2 aromatic carbocycles. The molecule has 0 aromatic heterocycles. The number of amides is 1. The van der Waals surface area contributed by atoms with E-state index in [1.807, 2.05) is 31.2 Å². The summed E-state index contributed by atoms with van der Waals surface area (Å²) in [6.07, 6.45) is 5.53. The zero-order valence-corrected chi connectivity index (χ0v) is 19.4. The van der Waals surface area contributed by atoms with Crippen molar-refractivity contribution in [3.8, 4) is 17.2 Å². The predicted molar refractivity (Wildman–Crippen MR) is 126 cm³/mol. The Morgan fingerprint density at radius 3 is 2.75 bits per heavy atom. The lowest BCUT2D eigenvalue weighted by Crippen LogP contribution is -2.36. The first-order chi connectivity index (χ1) is 15.6. The van der Waals surface area contributed by atoms with Gasteiger partial charge in [0.25, 0.3) is 0 Å². The largest absolute Gasteiger partial charge is 0.497 e. The van der Waals surface area contributed by atoms with Gasteiger partial charge in [-0.1, -0.05) is 25.0 Å². The summed E-state index contributed by atoms with van der Waals surface area (Å²) in [5.41, 5.74) is 3.04. The molecule has 2 aliphatic rings. The summed E-state index contributed by atoms with van der Waals surface area (Å²) >= 11 is 0. The molecule has 2 aliphatic heterocycles. The minimum absolute atomic E-state index is 0.0302. The summed E-state index contributed by atoms with van der Waals surface area (Å²) in [7, 11) is 1.68. The summed E-state index contributed by atoms with van der Waals surface area (Å²) < 4.78 is 17.0. The molecule has 6 nitrogen and oxygen atoms in total. The van der Waals surface area contributed by atoms with Crippen molar-refractivity contribution in [2.24, 2.45) is 0 Å². The number of fused-ring (bicyclic) bond motifs is 1.